The molecule has 13 aromatic carbocycles. The van der Waals surface area contributed by atoms with E-state index in [2.05, 4.69) is 258 Å². The highest BCUT2D eigenvalue weighted by molar-refractivity contribution is 6.24. The lowest BCUT2D eigenvalue weighted by Crippen LogP contribution is -2.15. The Morgan fingerprint density at radius 1 is 0.208 bits per heavy atom. The lowest BCUT2D eigenvalue weighted by Gasteiger charge is -2.25. The summed E-state index contributed by atoms with van der Waals surface area (Å²) in [6.45, 7) is 9.73. The van der Waals surface area contributed by atoms with Crippen molar-refractivity contribution in [2.75, 3.05) is 0 Å². The Hall–Kier alpha value is -8.58. The SMILES string of the molecule is CC1(C)c2cc3ccccc3cc2-c2cc3c(-c4ccc(-c5cccc6ccccc56)cc4)c4cc5c(cc4c(-c4ccc(-c6cccc7ccccc67)cc4)c3cc21)-c1cc2ccccc2cc1C5(C)C. The van der Waals surface area contributed by atoms with Crippen molar-refractivity contribution >= 4 is 64.6 Å². The van der Waals surface area contributed by atoms with Gasteiger partial charge in [-0.3, -0.25) is 0 Å². The predicted molar refractivity (Wildman–Crippen MR) is 308 cm³/mol. The van der Waals surface area contributed by atoms with Gasteiger partial charge in [-0.1, -0.05) is 210 Å². The number of benzene rings is 13. The molecular formula is C72H50. The van der Waals surface area contributed by atoms with Crippen LogP contribution in [0.3, 0.4) is 0 Å². The molecule has 0 spiro atoms. The van der Waals surface area contributed by atoms with Gasteiger partial charge in [0.05, 0.1) is 0 Å². The van der Waals surface area contributed by atoms with E-state index in [4.69, 9.17) is 0 Å². The summed E-state index contributed by atoms with van der Waals surface area (Å²) in [5.74, 6) is 0. The van der Waals surface area contributed by atoms with E-state index in [1.54, 1.807) is 0 Å². The zero-order chi connectivity index (χ0) is 48.0. The molecule has 338 valence electrons. The zero-order valence-electron chi connectivity index (χ0n) is 40.9. The second kappa shape index (κ2) is 15.0. The molecule has 0 saturated heterocycles. The topological polar surface area (TPSA) is 0 Å². The van der Waals surface area contributed by atoms with Gasteiger partial charge in [0.15, 0.2) is 0 Å². The molecule has 15 rings (SSSR count). The molecule has 2 aliphatic rings. The van der Waals surface area contributed by atoms with E-state index < -0.39 is 0 Å². The minimum atomic E-state index is -0.213. The number of hydrogen-bond donors (Lipinski definition) is 0. The Labute approximate surface area is 420 Å². The third-order valence-electron chi connectivity index (χ3n) is 17.0. The number of hydrogen-bond acceptors (Lipinski definition) is 0. The van der Waals surface area contributed by atoms with Gasteiger partial charge < -0.3 is 0 Å². The largest absolute Gasteiger partial charge is 0.0616 e. The Bertz CT molecular complexity index is 4170. The third-order valence-corrected chi connectivity index (χ3v) is 17.0. The minimum absolute atomic E-state index is 0.213. The van der Waals surface area contributed by atoms with Crippen LogP contribution < -0.4 is 0 Å². The third kappa shape index (κ3) is 5.87. The molecule has 72 heavy (non-hydrogen) atoms. The van der Waals surface area contributed by atoms with E-state index in [0.717, 1.165) is 0 Å². The molecule has 0 heteroatoms. The zero-order valence-corrected chi connectivity index (χ0v) is 40.9. The highest BCUT2D eigenvalue weighted by Gasteiger charge is 2.39. The summed E-state index contributed by atoms with van der Waals surface area (Å²) in [6.07, 6.45) is 0. The molecule has 0 nitrogen and oxygen atoms in total. The van der Waals surface area contributed by atoms with Gasteiger partial charge in [0.2, 0.25) is 0 Å². The maximum absolute atomic E-state index is 2.59. The summed E-state index contributed by atoms with van der Waals surface area (Å²) in [5.41, 5.74) is 20.4. The maximum Gasteiger partial charge on any atom is 0.0159 e. The van der Waals surface area contributed by atoms with E-state index in [0.29, 0.717) is 0 Å². The maximum atomic E-state index is 2.59. The van der Waals surface area contributed by atoms with Crippen molar-refractivity contribution < 1.29 is 0 Å². The van der Waals surface area contributed by atoms with Crippen LogP contribution in [0, 0.1) is 0 Å². The summed E-state index contributed by atoms with van der Waals surface area (Å²) < 4.78 is 0. The fourth-order valence-electron chi connectivity index (χ4n) is 13.3. The molecule has 0 unspecified atom stereocenters. The van der Waals surface area contributed by atoms with Gasteiger partial charge in [-0.05, 0) is 202 Å². The Kier molecular flexibility index (Phi) is 8.57. The van der Waals surface area contributed by atoms with E-state index in [9.17, 15) is 0 Å². The molecule has 0 aliphatic heterocycles. The van der Waals surface area contributed by atoms with Crippen molar-refractivity contribution in [1.82, 2.24) is 0 Å². The Morgan fingerprint density at radius 2 is 0.500 bits per heavy atom. The average Bonchev–Trinajstić information content (AvgIpc) is 3.76. The monoisotopic (exact) mass is 914 g/mol. The van der Waals surface area contributed by atoms with Gasteiger partial charge in [0.25, 0.3) is 0 Å². The van der Waals surface area contributed by atoms with E-state index in [1.807, 2.05) is 0 Å². The van der Waals surface area contributed by atoms with Crippen LogP contribution in [0.4, 0.5) is 0 Å². The highest BCUT2D eigenvalue weighted by Crippen LogP contribution is 2.57. The molecule has 2 aliphatic carbocycles. The van der Waals surface area contributed by atoms with Crippen molar-refractivity contribution in [3.63, 3.8) is 0 Å². The molecule has 0 saturated carbocycles. The normalized spacial score (nSPS) is 14.1. The second-order valence-corrected chi connectivity index (χ2v) is 21.6. The first-order valence-electron chi connectivity index (χ1n) is 25.6. The average molecular weight is 915 g/mol. The van der Waals surface area contributed by atoms with Gasteiger partial charge in [-0.2, -0.15) is 0 Å². The smallest absolute Gasteiger partial charge is 0.0159 e. The second-order valence-electron chi connectivity index (χ2n) is 21.6. The predicted octanol–water partition coefficient (Wildman–Crippen LogP) is 19.9. The van der Waals surface area contributed by atoms with Crippen molar-refractivity contribution in [1.29, 1.82) is 0 Å². The van der Waals surface area contributed by atoms with E-state index >= 15 is 0 Å². The van der Waals surface area contributed by atoms with Crippen molar-refractivity contribution in [2.24, 2.45) is 0 Å². The molecule has 0 atom stereocenters. The number of fused-ring (bicyclic) bond motifs is 12. The Morgan fingerprint density at radius 3 is 0.903 bits per heavy atom. The van der Waals surface area contributed by atoms with Crippen LogP contribution in [0.5, 0.6) is 0 Å². The first kappa shape index (κ1) is 41.2. The first-order chi connectivity index (χ1) is 35.2. The fourth-order valence-corrected chi connectivity index (χ4v) is 13.3. The molecule has 0 N–H and O–H groups in total. The molecule has 0 amide bonds. The summed E-state index contributed by atoms with van der Waals surface area (Å²) in [4.78, 5) is 0. The van der Waals surface area contributed by atoms with Crippen molar-refractivity contribution in [3.8, 4) is 66.8 Å². The van der Waals surface area contributed by atoms with Crippen molar-refractivity contribution in [2.45, 2.75) is 38.5 Å². The number of rotatable bonds is 4. The summed E-state index contributed by atoms with van der Waals surface area (Å²) >= 11 is 0. The fraction of sp³-hybridized carbons (Fsp3) is 0.0833. The minimum Gasteiger partial charge on any atom is -0.0616 e. The van der Waals surface area contributed by atoms with Crippen LogP contribution in [0.25, 0.3) is 131 Å². The Balaban J connectivity index is 1.06. The van der Waals surface area contributed by atoms with Gasteiger partial charge in [-0.25, -0.2) is 0 Å². The molecule has 0 aromatic heterocycles. The first-order valence-corrected chi connectivity index (χ1v) is 25.6. The summed E-state index contributed by atoms with van der Waals surface area (Å²) in [5, 5.41) is 15.3. The molecule has 0 fully saturated rings. The van der Waals surface area contributed by atoms with Crippen LogP contribution in [0.1, 0.15) is 49.9 Å². The molecule has 13 aromatic rings. The molecule has 0 bridgehead atoms. The van der Waals surface area contributed by atoms with Gasteiger partial charge in [0, 0.05) is 10.8 Å². The summed E-state index contributed by atoms with van der Waals surface area (Å²) in [7, 11) is 0. The highest BCUT2D eigenvalue weighted by atomic mass is 14.4. The summed E-state index contributed by atoms with van der Waals surface area (Å²) in [6, 6.07) is 87.7. The molecule has 0 radical (unpaired) electrons. The molecular weight excluding hydrogens is 865 g/mol. The molecule has 0 heterocycles. The van der Waals surface area contributed by atoms with Gasteiger partial charge >= 0.3 is 0 Å². The lowest BCUT2D eigenvalue weighted by molar-refractivity contribution is 0.662. The standard InChI is InChI=1S/C72H50/c1-71(2)65-37-51-19-7-5-17-49(51)35-57(65)59-39-61-63(41-67(59)71)69(47-31-27-45(28-32-47)55-25-13-21-43-15-9-11-23-53(43)55)62-40-60-58-36-50-18-6-8-20-52(50)38-66(58)72(3,4)68(60)42-64(62)70(61)48-33-29-46(30-34-48)56-26-14-22-44-16-10-12-24-54(44)56/h5-42H,1-4H3. The van der Waals surface area contributed by atoms with Gasteiger partial charge in [0.1, 0.15) is 0 Å². The van der Waals surface area contributed by atoms with Crippen LogP contribution in [0.2, 0.25) is 0 Å². The quantitative estimate of drug-likeness (QED) is 0.154. The van der Waals surface area contributed by atoms with Crippen LogP contribution in [0.15, 0.2) is 231 Å². The van der Waals surface area contributed by atoms with E-state index in [1.165, 1.54) is 154 Å². The van der Waals surface area contributed by atoms with Gasteiger partial charge in [-0.15, -0.1) is 0 Å². The lowest BCUT2D eigenvalue weighted by atomic mass is 9.77. The van der Waals surface area contributed by atoms with Crippen LogP contribution in [-0.2, 0) is 10.8 Å². The van der Waals surface area contributed by atoms with Crippen molar-refractivity contribution in [3.05, 3.63) is 253 Å². The van der Waals surface area contributed by atoms with Crippen LogP contribution >= 0.6 is 0 Å². The van der Waals surface area contributed by atoms with Crippen LogP contribution in [-0.4, -0.2) is 0 Å². The van der Waals surface area contributed by atoms with E-state index in [-0.39, 0.29) is 10.8 Å².